The van der Waals surface area contributed by atoms with E-state index in [4.69, 9.17) is 9.47 Å². The Morgan fingerprint density at radius 2 is 1.76 bits per heavy atom. The minimum Gasteiger partial charge on any atom is -0.486 e. The summed E-state index contributed by atoms with van der Waals surface area (Å²) in [5, 5.41) is 9.37. The fourth-order valence-corrected chi connectivity index (χ4v) is 3.68. The molecule has 2 aromatic carbocycles. The van der Waals surface area contributed by atoms with E-state index in [9.17, 15) is 18.3 Å². The van der Waals surface area contributed by atoms with Gasteiger partial charge in [-0.3, -0.25) is 4.79 Å². The maximum atomic E-state index is 12.6. The fourth-order valence-electron chi connectivity index (χ4n) is 2.48. The molecule has 0 amide bonds. The van der Waals surface area contributed by atoms with Crippen molar-refractivity contribution in [1.82, 2.24) is 4.72 Å². The Balaban J connectivity index is 1.82. The fraction of sp³-hybridized carbons (Fsp3) is 0.235. The second kappa shape index (κ2) is 7.12. The molecule has 3 rings (SSSR count). The number of sulfonamides is 1. The summed E-state index contributed by atoms with van der Waals surface area (Å²) in [6, 6.07) is 11.7. The lowest BCUT2D eigenvalue weighted by atomic mass is 10.1. The molecule has 7 nitrogen and oxygen atoms in total. The van der Waals surface area contributed by atoms with Crippen LogP contribution in [0.15, 0.2) is 53.4 Å². The van der Waals surface area contributed by atoms with Crippen molar-refractivity contribution in [3.63, 3.8) is 0 Å². The number of carboxylic acids is 1. The van der Waals surface area contributed by atoms with Gasteiger partial charge in [-0.15, -0.1) is 0 Å². The predicted molar refractivity (Wildman–Crippen MR) is 89.3 cm³/mol. The molecule has 2 aromatic rings. The van der Waals surface area contributed by atoms with Crippen LogP contribution >= 0.6 is 0 Å². The summed E-state index contributed by atoms with van der Waals surface area (Å²) in [5.74, 6) is -0.460. The Bertz CT molecular complexity index is 866. The van der Waals surface area contributed by atoms with Crippen LogP contribution in [0.3, 0.4) is 0 Å². The second-order valence-electron chi connectivity index (χ2n) is 5.51. The third kappa shape index (κ3) is 4.09. The molecule has 1 heterocycles. The van der Waals surface area contributed by atoms with Crippen molar-refractivity contribution in [1.29, 1.82) is 0 Å². The number of rotatable bonds is 6. The molecule has 2 N–H and O–H groups in total. The SMILES string of the molecule is O=C(O)[C@@H](Cc1ccccc1)NS(=O)(=O)c1ccc2c(c1)OCCO2. The number of hydrogen-bond acceptors (Lipinski definition) is 5. The predicted octanol–water partition coefficient (Wildman–Crippen LogP) is 1.43. The highest BCUT2D eigenvalue weighted by Crippen LogP contribution is 2.32. The van der Waals surface area contributed by atoms with Crippen molar-refractivity contribution in [3.05, 3.63) is 54.1 Å². The number of aliphatic carboxylic acids is 1. The minimum absolute atomic E-state index is 0.0416. The van der Waals surface area contributed by atoms with Crippen LogP contribution in [-0.4, -0.2) is 38.7 Å². The number of ether oxygens (including phenoxy) is 2. The number of carbonyl (C=O) groups is 1. The lowest BCUT2D eigenvalue weighted by molar-refractivity contribution is -0.138. The molecule has 0 radical (unpaired) electrons. The summed E-state index contributed by atoms with van der Waals surface area (Å²) >= 11 is 0. The zero-order valence-electron chi connectivity index (χ0n) is 13.2. The number of fused-ring (bicyclic) bond motifs is 1. The first-order valence-corrected chi connectivity index (χ1v) is 9.13. The zero-order chi connectivity index (χ0) is 17.9. The smallest absolute Gasteiger partial charge is 0.322 e. The highest BCUT2D eigenvalue weighted by atomic mass is 32.2. The van der Waals surface area contributed by atoms with E-state index in [1.807, 2.05) is 0 Å². The lowest BCUT2D eigenvalue weighted by Crippen LogP contribution is -2.42. The van der Waals surface area contributed by atoms with Gasteiger partial charge >= 0.3 is 5.97 Å². The largest absolute Gasteiger partial charge is 0.486 e. The molecule has 0 unspecified atom stereocenters. The summed E-state index contributed by atoms with van der Waals surface area (Å²) in [6.45, 7) is 0.727. The van der Waals surface area contributed by atoms with Crippen molar-refractivity contribution in [2.45, 2.75) is 17.4 Å². The molecule has 1 aliphatic rings. The van der Waals surface area contributed by atoms with Crippen LogP contribution in [0.2, 0.25) is 0 Å². The lowest BCUT2D eigenvalue weighted by Gasteiger charge is -2.20. The summed E-state index contributed by atoms with van der Waals surface area (Å²) in [7, 11) is -4.02. The van der Waals surface area contributed by atoms with Gasteiger partial charge in [0.15, 0.2) is 11.5 Å². The topological polar surface area (TPSA) is 102 Å². The normalized spacial score (nSPS) is 14.7. The van der Waals surface area contributed by atoms with Crippen LogP contribution in [0, 0.1) is 0 Å². The first-order chi connectivity index (χ1) is 12.0. The molecular weight excluding hydrogens is 346 g/mol. The molecule has 0 bridgehead atoms. The van der Waals surface area contributed by atoms with Crippen molar-refractivity contribution in [2.75, 3.05) is 13.2 Å². The van der Waals surface area contributed by atoms with Crippen LogP contribution in [-0.2, 0) is 21.2 Å². The van der Waals surface area contributed by atoms with Gasteiger partial charge in [0.25, 0.3) is 0 Å². The standard InChI is InChI=1S/C17H17NO6S/c19-17(20)14(10-12-4-2-1-3-5-12)18-25(21,22)13-6-7-15-16(11-13)24-9-8-23-15/h1-7,11,14,18H,8-10H2,(H,19,20)/t14-/m1/s1. The van der Waals surface area contributed by atoms with E-state index in [1.54, 1.807) is 30.3 Å². The Kier molecular flexibility index (Phi) is 4.91. The van der Waals surface area contributed by atoms with Gasteiger partial charge in [0.1, 0.15) is 19.3 Å². The molecule has 8 heteroatoms. The van der Waals surface area contributed by atoms with Crippen LogP contribution in [0.25, 0.3) is 0 Å². The average Bonchev–Trinajstić information content (AvgIpc) is 2.61. The van der Waals surface area contributed by atoms with Gasteiger partial charge in [0.2, 0.25) is 10.0 Å². The number of carboxylic acid groups (broad SMARTS) is 1. The Morgan fingerprint density at radius 1 is 1.08 bits per heavy atom. The van der Waals surface area contributed by atoms with E-state index >= 15 is 0 Å². The second-order valence-corrected chi connectivity index (χ2v) is 7.22. The van der Waals surface area contributed by atoms with E-state index in [2.05, 4.69) is 4.72 Å². The molecule has 1 aliphatic heterocycles. The summed E-state index contributed by atoms with van der Waals surface area (Å²) in [6.07, 6.45) is 0.0416. The van der Waals surface area contributed by atoms with Gasteiger partial charge in [-0.05, 0) is 24.1 Å². The first-order valence-electron chi connectivity index (χ1n) is 7.64. The van der Waals surface area contributed by atoms with Crippen molar-refractivity contribution in [2.24, 2.45) is 0 Å². The minimum atomic E-state index is -4.02. The van der Waals surface area contributed by atoms with Crippen LogP contribution in [0.1, 0.15) is 5.56 Å². The quantitative estimate of drug-likeness (QED) is 0.805. The number of nitrogens with one attached hydrogen (secondary N) is 1. The molecule has 0 spiro atoms. The maximum Gasteiger partial charge on any atom is 0.322 e. The van der Waals surface area contributed by atoms with Gasteiger partial charge in [-0.25, -0.2) is 8.42 Å². The van der Waals surface area contributed by atoms with E-state index in [0.29, 0.717) is 24.7 Å². The molecule has 0 fully saturated rings. The van der Waals surface area contributed by atoms with Gasteiger partial charge < -0.3 is 14.6 Å². The van der Waals surface area contributed by atoms with Gasteiger partial charge in [-0.1, -0.05) is 30.3 Å². The molecule has 0 aromatic heterocycles. The van der Waals surface area contributed by atoms with E-state index < -0.39 is 22.0 Å². The number of benzene rings is 2. The zero-order valence-corrected chi connectivity index (χ0v) is 14.0. The van der Waals surface area contributed by atoms with Crippen LogP contribution in [0.4, 0.5) is 0 Å². The van der Waals surface area contributed by atoms with E-state index in [1.165, 1.54) is 18.2 Å². The highest BCUT2D eigenvalue weighted by Gasteiger charge is 2.27. The maximum absolute atomic E-state index is 12.6. The Morgan fingerprint density at radius 3 is 2.44 bits per heavy atom. The number of hydrogen-bond donors (Lipinski definition) is 2. The average molecular weight is 363 g/mol. The first kappa shape index (κ1) is 17.2. The van der Waals surface area contributed by atoms with Gasteiger partial charge in [0, 0.05) is 6.07 Å². The summed E-state index contributed by atoms with van der Waals surface area (Å²) in [4.78, 5) is 11.4. The van der Waals surface area contributed by atoms with Crippen molar-refractivity contribution in [3.8, 4) is 11.5 Å². The molecular formula is C17H17NO6S. The molecule has 25 heavy (non-hydrogen) atoms. The molecule has 132 valence electrons. The molecule has 0 aliphatic carbocycles. The third-order valence-corrected chi connectivity index (χ3v) is 5.17. The highest BCUT2D eigenvalue weighted by molar-refractivity contribution is 7.89. The van der Waals surface area contributed by atoms with Crippen molar-refractivity contribution < 1.29 is 27.8 Å². The molecule has 0 saturated heterocycles. The van der Waals surface area contributed by atoms with Gasteiger partial charge in [-0.2, -0.15) is 4.72 Å². The molecule has 0 saturated carbocycles. The Hall–Kier alpha value is -2.58. The molecule has 1 atom stereocenters. The van der Waals surface area contributed by atoms with Gasteiger partial charge in [0.05, 0.1) is 4.90 Å². The van der Waals surface area contributed by atoms with Crippen molar-refractivity contribution >= 4 is 16.0 Å². The van der Waals surface area contributed by atoms with Crippen LogP contribution in [0.5, 0.6) is 11.5 Å². The third-order valence-electron chi connectivity index (χ3n) is 3.70. The van der Waals surface area contributed by atoms with Crippen LogP contribution < -0.4 is 14.2 Å². The van der Waals surface area contributed by atoms with E-state index in [-0.39, 0.29) is 11.3 Å². The monoisotopic (exact) mass is 363 g/mol. The Labute approximate surface area is 145 Å². The van der Waals surface area contributed by atoms with E-state index in [0.717, 1.165) is 5.56 Å². The summed E-state index contributed by atoms with van der Waals surface area (Å²) in [5.41, 5.74) is 0.722. The summed E-state index contributed by atoms with van der Waals surface area (Å²) < 4.78 is 38.1.